The van der Waals surface area contributed by atoms with Gasteiger partial charge in [0, 0.05) is 18.3 Å². The maximum atomic E-state index is 9.94. The molecule has 1 atom stereocenters. The zero-order valence-electron chi connectivity index (χ0n) is 11.7. The molecule has 1 aromatic carbocycles. The van der Waals surface area contributed by atoms with Gasteiger partial charge in [-0.3, -0.25) is 0 Å². The monoisotopic (exact) mass is 252 g/mol. The summed E-state index contributed by atoms with van der Waals surface area (Å²) < 4.78 is 5.62. The Morgan fingerprint density at radius 3 is 2.67 bits per heavy atom. The van der Waals surface area contributed by atoms with Crippen LogP contribution in [-0.2, 0) is 0 Å². The van der Waals surface area contributed by atoms with E-state index < -0.39 is 5.60 Å². The van der Waals surface area contributed by atoms with Crippen molar-refractivity contribution in [2.24, 2.45) is 0 Å². The second-order valence-electron chi connectivity index (χ2n) is 5.12. The molecule has 0 fully saturated rings. The largest absolute Gasteiger partial charge is 0.489 e. The lowest BCUT2D eigenvalue weighted by molar-refractivity contribution is 0.0697. The summed E-state index contributed by atoms with van der Waals surface area (Å²) in [6.07, 6.45) is 0.783. The van der Waals surface area contributed by atoms with Crippen molar-refractivity contribution >= 4 is 11.4 Å². The number of hydrogen-bond donors (Lipinski definition) is 3. The molecule has 0 aliphatic carbocycles. The first-order chi connectivity index (χ1) is 8.34. The van der Waals surface area contributed by atoms with Crippen molar-refractivity contribution < 1.29 is 9.84 Å². The van der Waals surface area contributed by atoms with Crippen molar-refractivity contribution in [3.8, 4) is 5.75 Å². The zero-order valence-corrected chi connectivity index (χ0v) is 11.7. The lowest BCUT2D eigenvalue weighted by Crippen LogP contribution is -2.32. The minimum atomic E-state index is -0.708. The van der Waals surface area contributed by atoms with Crippen LogP contribution in [-0.4, -0.2) is 23.4 Å². The van der Waals surface area contributed by atoms with E-state index in [-0.39, 0.29) is 6.10 Å². The highest BCUT2D eigenvalue weighted by molar-refractivity contribution is 5.61. The van der Waals surface area contributed by atoms with Crippen LogP contribution in [0.3, 0.4) is 0 Å². The Labute approximate surface area is 109 Å². The Balaban J connectivity index is 2.73. The minimum Gasteiger partial charge on any atom is -0.489 e. The number of nitrogens with two attached hydrogens (primary N) is 1. The van der Waals surface area contributed by atoms with Gasteiger partial charge >= 0.3 is 0 Å². The fourth-order valence-corrected chi connectivity index (χ4v) is 1.42. The molecule has 1 rings (SSSR count). The topological polar surface area (TPSA) is 67.5 Å². The third kappa shape index (κ3) is 4.45. The maximum absolute atomic E-state index is 9.94. The summed E-state index contributed by atoms with van der Waals surface area (Å²) in [6.45, 7) is 8.18. The van der Waals surface area contributed by atoms with E-state index >= 15 is 0 Å². The van der Waals surface area contributed by atoms with Gasteiger partial charge in [-0.05, 0) is 39.3 Å². The third-order valence-electron chi connectivity index (χ3n) is 2.81. The van der Waals surface area contributed by atoms with Gasteiger partial charge in [-0.1, -0.05) is 6.92 Å². The van der Waals surface area contributed by atoms with Crippen molar-refractivity contribution in [3.05, 3.63) is 18.2 Å². The molecule has 0 bridgehead atoms. The SMILES string of the molecule is CCC(C)(O)CNc1ccc(N)c(OC(C)C)c1. The van der Waals surface area contributed by atoms with Gasteiger partial charge in [0.25, 0.3) is 0 Å². The molecule has 0 saturated heterocycles. The summed E-state index contributed by atoms with van der Waals surface area (Å²) in [4.78, 5) is 0. The molecule has 0 spiro atoms. The predicted molar refractivity (Wildman–Crippen MR) is 76.0 cm³/mol. The lowest BCUT2D eigenvalue weighted by atomic mass is 10.0. The van der Waals surface area contributed by atoms with Crippen LogP contribution in [0, 0.1) is 0 Å². The van der Waals surface area contributed by atoms with Crippen molar-refractivity contribution in [3.63, 3.8) is 0 Å². The number of anilines is 2. The van der Waals surface area contributed by atoms with Crippen molar-refractivity contribution in [1.82, 2.24) is 0 Å². The maximum Gasteiger partial charge on any atom is 0.144 e. The standard InChI is InChI=1S/C14H24N2O2/c1-5-14(4,17)9-16-11-6-7-12(15)13(8-11)18-10(2)3/h6-8,10,16-17H,5,9,15H2,1-4H3. The molecule has 1 aromatic rings. The molecule has 0 aliphatic rings. The molecule has 102 valence electrons. The summed E-state index contributed by atoms with van der Waals surface area (Å²) in [5.41, 5.74) is 6.65. The van der Waals surface area contributed by atoms with Crippen LogP contribution in [0.2, 0.25) is 0 Å². The van der Waals surface area contributed by atoms with Crippen molar-refractivity contribution in [1.29, 1.82) is 0 Å². The van der Waals surface area contributed by atoms with Crippen LogP contribution in [0.5, 0.6) is 5.75 Å². The Morgan fingerprint density at radius 2 is 2.11 bits per heavy atom. The fraction of sp³-hybridized carbons (Fsp3) is 0.571. The van der Waals surface area contributed by atoms with Gasteiger partial charge < -0.3 is 20.9 Å². The summed E-state index contributed by atoms with van der Waals surface area (Å²) in [7, 11) is 0. The molecule has 1 unspecified atom stereocenters. The number of nitrogen functional groups attached to an aromatic ring is 1. The van der Waals surface area contributed by atoms with Crippen LogP contribution in [0.15, 0.2) is 18.2 Å². The highest BCUT2D eigenvalue weighted by Crippen LogP contribution is 2.26. The molecule has 0 radical (unpaired) electrons. The van der Waals surface area contributed by atoms with Gasteiger partial charge in [-0.25, -0.2) is 0 Å². The number of rotatable bonds is 6. The van der Waals surface area contributed by atoms with E-state index in [1.165, 1.54) is 0 Å². The Bertz CT molecular complexity index is 389. The molecule has 18 heavy (non-hydrogen) atoms. The molecule has 0 saturated carbocycles. The minimum absolute atomic E-state index is 0.0845. The van der Waals surface area contributed by atoms with Gasteiger partial charge in [0.1, 0.15) is 5.75 Å². The summed E-state index contributed by atoms with van der Waals surface area (Å²) in [5.74, 6) is 0.672. The van der Waals surface area contributed by atoms with Crippen LogP contribution in [0.4, 0.5) is 11.4 Å². The molecule has 4 N–H and O–H groups in total. The van der Waals surface area contributed by atoms with Gasteiger partial charge in [0.15, 0.2) is 0 Å². The lowest BCUT2D eigenvalue weighted by Gasteiger charge is -2.22. The Hall–Kier alpha value is -1.42. The fourth-order valence-electron chi connectivity index (χ4n) is 1.42. The average molecular weight is 252 g/mol. The van der Waals surface area contributed by atoms with E-state index in [0.717, 1.165) is 5.69 Å². The highest BCUT2D eigenvalue weighted by Gasteiger charge is 2.17. The summed E-state index contributed by atoms with van der Waals surface area (Å²) in [5, 5.41) is 13.1. The predicted octanol–water partition coefficient (Wildman–Crippen LogP) is 2.63. The number of hydrogen-bond acceptors (Lipinski definition) is 4. The van der Waals surface area contributed by atoms with E-state index in [1.54, 1.807) is 6.07 Å². The van der Waals surface area contributed by atoms with Gasteiger partial charge in [0.2, 0.25) is 0 Å². The van der Waals surface area contributed by atoms with Gasteiger partial charge in [-0.2, -0.15) is 0 Å². The zero-order chi connectivity index (χ0) is 13.8. The van der Waals surface area contributed by atoms with Gasteiger partial charge in [-0.15, -0.1) is 0 Å². The molecule has 0 aliphatic heterocycles. The molecule has 4 nitrogen and oxygen atoms in total. The molecular formula is C14H24N2O2. The number of aliphatic hydroxyl groups is 1. The number of benzene rings is 1. The Morgan fingerprint density at radius 1 is 1.44 bits per heavy atom. The van der Waals surface area contributed by atoms with E-state index in [0.29, 0.717) is 24.4 Å². The van der Waals surface area contributed by atoms with E-state index in [2.05, 4.69) is 5.32 Å². The highest BCUT2D eigenvalue weighted by atomic mass is 16.5. The van der Waals surface area contributed by atoms with Crippen LogP contribution in [0.1, 0.15) is 34.1 Å². The smallest absolute Gasteiger partial charge is 0.144 e. The quantitative estimate of drug-likeness (QED) is 0.681. The molecular weight excluding hydrogens is 228 g/mol. The normalized spacial score (nSPS) is 14.3. The first-order valence-corrected chi connectivity index (χ1v) is 6.36. The second kappa shape index (κ2) is 5.96. The number of nitrogens with one attached hydrogen (secondary N) is 1. The van der Waals surface area contributed by atoms with Crippen LogP contribution in [0.25, 0.3) is 0 Å². The van der Waals surface area contributed by atoms with Crippen LogP contribution < -0.4 is 15.8 Å². The summed E-state index contributed by atoms with van der Waals surface area (Å²) >= 11 is 0. The summed E-state index contributed by atoms with van der Waals surface area (Å²) in [6, 6.07) is 5.55. The third-order valence-corrected chi connectivity index (χ3v) is 2.81. The van der Waals surface area contributed by atoms with Crippen molar-refractivity contribution in [2.75, 3.05) is 17.6 Å². The Kier molecular flexibility index (Phi) is 4.84. The van der Waals surface area contributed by atoms with E-state index in [4.69, 9.17) is 10.5 Å². The van der Waals surface area contributed by atoms with E-state index in [9.17, 15) is 5.11 Å². The first kappa shape index (κ1) is 14.6. The van der Waals surface area contributed by atoms with E-state index in [1.807, 2.05) is 39.8 Å². The molecule has 4 heteroatoms. The molecule has 0 aromatic heterocycles. The van der Waals surface area contributed by atoms with Gasteiger partial charge in [0.05, 0.1) is 17.4 Å². The van der Waals surface area contributed by atoms with Crippen LogP contribution >= 0.6 is 0 Å². The average Bonchev–Trinajstić information content (AvgIpc) is 2.30. The second-order valence-corrected chi connectivity index (χ2v) is 5.12. The molecule has 0 amide bonds. The van der Waals surface area contributed by atoms with Crippen molar-refractivity contribution in [2.45, 2.75) is 45.8 Å². The first-order valence-electron chi connectivity index (χ1n) is 6.36. The number of ether oxygens (including phenoxy) is 1. The molecule has 0 heterocycles.